The standard InChI is InChI=1S/C12H13BrO2/c1-12(2)7-10(14)15-11(12)8-5-3-4-6-9(8)13/h3-6,11H,7H2,1-2H3/t11-/m1/s1. The summed E-state index contributed by atoms with van der Waals surface area (Å²) in [5, 5.41) is 0. The smallest absolute Gasteiger partial charge is 0.307 e. The summed E-state index contributed by atoms with van der Waals surface area (Å²) in [5.74, 6) is -0.110. The molecule has 2 nitrogen and oxygen atoms in total. The maximum Gasteiger partial charge on any atom is 0.307 e. The van der Waals surface area contributed by atoms with E-state index in [1.807, 2.05) is 24.3 Å². The predicted molar refractivity (Wildman–Crippen MR) is 61.4 cm³/mol. The fourth-order valence-electron chi connectivity index (χ4n) is 1.97. The van der Waals surface area contributed by atoms with Gasteiger partial charge in [-0.2, -0.15) is 0 Å². The summed E-state index contributed by atoms with van der Waals surface area (Å²) in [6.07, 6.45) is 0.347. The normalized spacial score (nSPS) is 23.9. The molecule has 0 unspecified atom stereocenters. The number of ether oxygens (including phenoxy) is 1. The maximum atomic E-state index is 11.3. The minimum Gasteiger partial charge on any atom is -0.457 e. The largest absolute Gasteiger partial charge is 0.457 e. The van der Waals surface area contributed by atoms with Crippen LogP contribution in [0.3, 0.4) is 0 Å². The van der Waals surface area contributed by atoms with E-state index in [1.165, 1.54) is 0 Å². The molecule has 15 heavy (non-hydrogen) atoms. The quantitative estimate of drug-likeness (QED) is 0.730. The molecule has 1 aliphatic rings. The van der Waals surface area contributed by atoms with Gasteiger partial charge in [0, 0.05) is 15.5 Å². The van der Waals surface area contributed by atoms with Gasteiger partial charge in [-0.15, -0.1) is 0 Å². The van der Waals surface area contributed by atoms with Crippen LogP contribution in [-0.2, 0) is 9.53 Å². The van der Waals surface area contributed by atoms with Gasteiger partial charge in [0.05, 0.1) is 6.42 Å². The number of hydrogen-bond donors (Lipinski definition) is 0. The van der Waals surface area contributed by atoms with Crippen LogP contribution in [0.4, 0.5) is 0 Å². The van der Waals surface area contributed by atoms with Crippen LogP contribution in [0.15, 0.2) is 28.7 Å². The second-order valence-electron chi connectivity index (χ2n) is 4.56. The zero-order chi connectivity index (χ0) is 11.1. The first-order valence-electron chi connectivity index (χ1n) is 4.94. The number of cyclic esters (lactones) is 1. The molecule has 2 rings (SSSR count). The highest BCUT2D eigenvalue weighted by Crippen LogP contribution is 2.46. The van der Waals surface area contributed by atoms with E-state index in [9.17, 15) is 4.79 Å². The molecule has 1 saturated heterocycles. The molecule has 80 valence electrons. The molecule has 0 spiro atoms. The van der Waals surface area contributed by atoms with Crippen LogP contribution < -0.4 is 0 Å². The predicted octanol–water partition coefficient (Wildman–Crippen LogP) is 3.46. The molecular formula is C12H13BrO2. The van der Waals surface area contributed by atoms with E-state index in [0.29, 0.717) is 6.42 Å². The van der Waals surface area contributed by atoms with Crippen LogP contribution in [-0.4, -0.2) is 5.97 Å². The van der Waals surface area contributed by atoms with E-state index in [1.54, 1.807) is 0 Å². The van der Waals surface area contributed by atoms with E-state index in [2.05, 4.69) is 29.8 Å². The van der Waals surface area contributed by atoms with Crippen molar-refractivity contribution in [2.75, 3.05) is 0 Å². The lowest BCUT2D eigenvalue weighted by Gasteiger charge is -2.24. The zero-order valence-electron chi connectivity index (χ0n) is 8.79. The second-order valence-corrected chi connectivity index (χ2v) is 5.41. The molecule has 0 aromatic heterocycles. The van der Waals surface area contributed by atoms with Crippen molar-refractivity contribution in [1.29, 1.82) is 0 Å². The minimum absolute atomic E-state index is 0.110. The number of esters is 1. The Labute approximate surface area is 97.8 Å². The van der Waals surface area contributed by atoms with Gasteiger partial charge in [-0.05, 0) is 6.07 Å². The first-order valence-corrected chi connectivity index (χ1v) is 5.74. The van der Waals surface area contributed by atoms with Gasteiger partial charge >= 0.3 is 5.97 Å². The van der Waals surface area contributed by atoms with Crippen molar-refractivity contribution in [2.24, 2.45) is 5.41 Å². The Bertz CT molecular complexity index is 398. The van der Waals surface area contributed by atoms with Crippen molar-refractivity contribution in [3.05, 3.63) is 34.3 Å². The lowest BCUT2D eigenvalue weighted by molar-refractivity contribution is -0.142. The van der Waals surface area contributed by atoms with Crippen LogP contribution in [0, 0.1) is 5.41 Å². The number of halogens is 1. The molecule has 1 aromatic carbocycles. The van der Waals surface area contributed by atoms with Crippen LogP contribution in [0.1, 0.15) is 31.9 Å². The van der Waals surface area contributed by atoms with Gasteiger partial charge in [-0.25, -0.2) is 0 Å². The molecule has 0 N–H and O–H groups in total. The van der Waals surface area contributed by atoms with Gasteiger partial charge in [0.1, 0.15) is 6.10 Å². The van der Waals surface area contributed by atoms with Crippen LogP contribution >= 0.6 is 15.9 Å². The Hall–Kier alpha value is -0.830. The average Bonchev–Trinajstić information content (AvgIpc) is 2.40. The van der Waals surface area contributed by atoms with Crippen molar-refractivity contribution in [3.63, 3.8) is 0 Å². The number of carbonyl (C=O) groups excluding carboxylic acids is 1. The fraction of sp³-hybridized carbons (Fsp3) is 0.417. The molecule has 0 aliphatic carbocycles. The zero-order valence-corrected chi connectivity index (χ0v) is 10.4. The summed E-state index contributed by atoms with van der Waals surface area (Å²) in [6, 6.07) is 7.88. The van der Waals surface area contributed by atoms with Crippen molar-refractivity contribution >= 4 is 21.9 Å². The second kappa shape index (κ2) is 3.63. The van der Waals surface area contributed by atoms with Crippen LogP contribution in [0.2, 0.25) is 0 Å². The van der Waals surface area contributed by atoms with Crippen molar-refractivity contribution in [2.45, 2.75) is 26.4 Å². The van der Waals surface area contributed by atoms with Gasteiger partial charge < -0.3 is 4.74 Å². The molecule has 0 saturated carbocycles. The summed E-state index contributed by atoms with van der Waals surface area (Å²) >= 11 is 3.49. The fourth-order valence-corrected chi connectivity index (χ4v) is 2.46. The molecule has 0 amide bonds. The molecule has 1 atom stereocenters. The third-order valence-corrected chi connectivity index (χ3v) is 3.47. The molecule has 0 radical (unpaired) electrons. The molecule has 1 heterocycles. The Kier molecular flexibility index (Phi) is 2.59. The van der Waals surface area contributed by atoms with Gasteiger partial charge in [-0.1, -0.05) is 48.0 Å². The summed E-state index contributed by atoms with van der Waals surface area (Å²) in [7, 11) is 0. The topological polar surface area (TPSA) is 26.3 Å². The molecule has 3 heteroatoms. The lowest BCUT2D eigenvalue weighted by atomic mass is 9.82. The lowest BCUT2D eigenvalue weighted by Crippen LogP contribution is -2.16. The van der Waals surface area contributed by atoms with Crippen LogP contribution in [0.5, 0.6) is 0 Å². The van der Waals surface area contributed by atoms with Gasteiger partial charge in [0.15, 0.2) is 0 Å². The highest BCUT2D eigenvalue weighted by Gasteiger charge is 2.43. The van der Waals surface area contributed by atoms with E-state index in [-0.39, 0.29) is 17.5 Å². The third kappa shape index (κ3) is 1.93. The molecule has 1 aromatic rings. The SMILES string of the molecule is CC1(C)CC(=O)O[C@@H]1c1ccccc1Br. The summed E-state index contributed by atoms with van der Waals surface area (Å²) < 4.78 is 6.37. The minimum atomic E-state index is -0.138. The number of carbonyl (C=O) groups is 1. The van der Waals surface area contributed by atoms with Gasteiger partial charge in [0.2, 0.25) is 0 Å². The van der Waals surface area contributed by atoms with E-state index in [4.69, 9.17) is 4.74 Å². The van der Waals surface area contributed by atoms with E-state index < -0.39 is 0 Å². The first-order chi connectivity index (χ1) is 7.00. The average molecular weight is 269 g/mol. The van der Waals surface area contributed by atoms with Gasteiger partial charge in [-0.3, -0.25) is 4.79 Å². The highest BCUT2D eigenvalue weighted by molar-refractivity contribution is 9.10. The van der Waals surface area contributed by atoms with Crippen molar-refractivity contribution in [3.8, 4) is 0 Å². The highest BCUT2D eigenvalue weighted by atomic mass is 79.9. The third-order valence-electron chi connectivity index (χ3n) is 2.75. The van der Waals surface area contributed by atoms with Crippen molar-refractivity contribution < 1.29 is 9.53 Å². The molecule has 0 bridgehead atoms. The number of benzene rings is 1. The van der Waals surface area contributed by atoms with E-state index in [0.717, 1.165) is 10.0 Å². The summed E-state index contributed by atoms with van der Waals surface area (Å²) in [6.45, 7) is 4.12. The van der Waals surface area contributed by atoms with E-state index >= 15 is 0 Å². The monoisotopic (exact) mass is 268 g/mol. The Balaban J connectivity index is 2.40. The molecule has 1 fully saturated rings. The Morgan fingerprint density at radius 3 is 2.60 bits per heavy atom. The Morgan fingerprint density at radius 1 is 1.40 bits per heavy atom. The van der Waals surface area contributed by atoms with Crippen LogP contribution in [0.25, 0.3) is 0 Å². The Morgan fingerprint density at radius 2 is 2.07 bits per heavy atom. The van der Waals surface area contributed by atoms with Gasteiger partial charge in [0.25, 0.3) is 0 Å². The van der Waals surface area contributed by atoms with Crippen molar-refractivity contribution in [1.82, 2.24) is 0 Å². The maximum absolute atomic E-state index is 11.3. The number of rotatable bonds is 1. The summed E-state index contributed by atoms with van der Waals surface area (Å²) in [5.41, 5.74) is 0.925. The number of hydrogen-bond acceptors (Lipinski definition) is 2. The molecule has 1 aliphatic heterocycles. The summed E-state index contributed by atoms with van der Waals surface area (Å²) in [4.78, 5) is 11.3. The molecular weight excluding hydrogens is 256 g/mol. The first kappa shape index (κ1) is 10.7.